The van der Waals surface area contributed by atoms with E-state index in [0.29, 0.717) is 0 Å². The highest BCUT2D eigenvalue weighted by Crippen LogP contribution is 2.41. The fraction of sp³-hybridized carbons (Fsp3) is 0.222. The maximum atomic E-state index is 5.19. The van der Waals surface area contributed by atoms with Crippen LogP contribution in [0.1, 0.15) is 26.5 Å². The first kappa shape index (κ1) is 21.1. The van der Waals surface area contributed by atoms with Crippen molar-refractivity contribution in [1.82, 2.24) is 29.2 Å². The molecule has 34 heavy (non-hydrogen) atoms. The summed E-state index contributed by atoms with van der Waals surface area (Å²) in [6.07, 6.45) is 3.64. The van der Waals surface area contributed by atoms with E-state index < -0.39 is 0 Å². The molecule has 7 heteroatoms. The van der Waals surface area contributed by atoms with Crippen molar-refractivity contribution in [3.05, 3.63) is 60.6 Å². The highest BCUT2D eigenvalue weighted by Gasteiger charge is 2.26. The zero-order chi connectivity index (χ0) is 23.6. The fourth-order valence-electron chi connectivity index (χ4n) is 4.71. The molecule has 0 spiro atoms. The molecule has 0 radical (unpaired) electrons. The van der Waals surface area contributed by atoms with E-state index in [4.69, 9.17) is 4.98 Å². The first-order valence-corrected chi connectivity index (χ1v) is 12.1. The maximum absolute atomic E-state index is 5.19. The number of benzene rings is 2. The summed E-state index contributed by atoms with van der Waals surface area (Å²) >= 11 is 1.71. The number of pyridine rings is 2. The van der Waals surface area contributed by atoms with E-state index >= 15 is 0 Å². The van der Waals surface area contributed by atoms with Gasteiger partial charge in [-0.1, -0.05) is 20.8 Å². The summed E-state index contributed by atoms with van der Waals surface area (Å²) in [6.45, 7) is 6.70. The Balaban J connectivity index is 1.71. The third kappa shape index (κ3) is 3.27. The Labute approximate surface area is 202 Å². The topological polar surface area (TPSA) is 73.5 Å². The second-order valence-corrected chi connectivity index (χ2v) is 11.2. The third-order valence-electron chi connectivity index (χ3n) is 6.11. The number of aromatic amines is 2. The van der Waals surface area contributed by atoms with Crippen LogP contribution in [0.4, 0.5) is 0 Å². The first-order valence-electron chi connectivity index (χ1n) is 11.3. The Morgan fingerprint density at radius 3 is 2.24 bits per heavy atom. The quantitative estimate of drug-likeness (QED) is 0.225. The number of fused-ring (bicyclic) bond motifs is 7. The van der Waals surface area contributed by atoms with Gasteiger partial charge in [-0.25, -0.2) is 4.98 Å². The molecule has 0 amide bonds. The molecule has 6 aromatic rings. The minimum absolute atomic E-state index is 0.0879. The molecule has 2 N–H and O–H groups in total. The highest BCUT2D eigenvalue weighted by atomic mass is 32.2. The zero-order valence-corrected chi connectivity index (χ0v) is 20.7. The standard InChI is InChI=1S/C27H26N6S/c1-27(2,3)25-20(18-14-15(34-33(4)5)10-11-19(18)30-25)26-31-23-16-8-6-12-28-21(16)22-17(24(23)32-26)9-7-13-29-22/h6-14,30H,1-5H3,(H,31,32). The first-order chi connectivity index (χ1) is 16.3. The van der Waals surface area contributed by atoms with Crippen LogP contribution in [0.25, 0.3) is 55.1 Å². The maximum Gasteiger partial charge on any atom is 0.141 e. The summed E-state index contributed by atoms with van der Waals surface area (Å²) < 4.78 is 2.11. The van der Waals surface area contributed by atoms with Gasteiger partial charge in [0.1, 0.15) is 5.82 Å². The zero-order valence-electron chi connectivity index (χ0n) is 19.9. The van der Waals surface area contributed by atoms with Gasteiger partial charge >= 0.3 is 0 Å². The van der Waals surface area contributed by atoms with E-state index in [0.717, 1.165) is 49.7 Å². The van der Waals surface area contributed by atoms with Crippen LogP contribution >= 0.6 is 11.9 Å². The van der Waals surface area contributed by atoms with Crippen LogP contribution < -0.4 is 0 Å². The molecule has 0 saturated heterocycles. The number of nitrogens with one attached hydrogen (secondary N) is 2. The molecule has 6 nitrogen and oxygen atoms in total. The van der Waals surface area contributed by atoms with Crippen LogP contribution in [0.3, 0.4) is 0 Å². The molecule has 0 saturated carbocycles. The predicted molar refractivity (Wildman–Crippen MR) is 142 cm³/mol. The summed E-state index contributed by atoms with van der Waals surface area (Å²) in [4.78, 5) is 23.1. The Morgan fingerprint density at radius 2 is 1.53 bits per heavy atom. The number of hydrogen-bond donors (Lipinski definition) is 2. The van der Waals surface area contributed by atoms with Crippen LogP contribution in [0.5, 0.6) is 0 Å². The van der Waals surface area contributed by atoms with Crippen LogP contribution in [0.2, 0.25) is 0 Å². The lowest BCUT2D eigenvalue weighted by Gasteiger charge is -2.18. The lowest BCUT2D eigenvalue weighted by molar-refractivity contribution is 0.575. The fourth-order valence-corrected chi connectivity index (χ4v) is 5.43. The van der Waals surface area contributed by atoms with Gasteiger partial charge in [0.15, 0.2) is 0 Å². The minimum Gasteiger partial charge on any atom is -0.357 e. The van der Waals surface area contributed by atoms with Crippen LogP contribution in [0.15, 0.2) is 59.8 Å². The summed E-state index contributed by atoms with van der Waals surface area (Å²) in [7, 11) is 4.12. The highest BCUT2D eigenvalue weighted by molar-refractivity contribution is 7.97. The van der Waals surface area contributed by atoms with E-state index in [1.165, 1.54) is 16.0 Å². The number of imidazole rings is 1. The summed E-state index contributed by atoms with van der Waals surface area (Å²) in [5, 5.41) is 3.20. The average molecular weight is 467 g/mol. The van der Waals surface area contributed by atoms with Gasteiger partial charge in [0, 0.05) is 55.6 Å². The third-order valence-corrected chi connectivity index (χ3v) is 6.94. The Hall–Kier alpha value is -3.42. The molecule has 0 fully saturated rings. The summed E-state index contributed by atoms with van der Waals surface area (Å²) in [5.74, 6) is 0.861. The molecule has 0 unspecified atom stereocenters. The molecule has 0 aliphatic rings. The van der Waals surface area contributed by atoms with E-state index in [1.54, 1.807) is 11.9 Å². The molecule has 4 aromatic heterocycles. The molecule has 0 aliphatic heterocycles. The molecule has 0 aliphatic carbocycles. The SMILES string of the molecule is CN(C)Sc1ccc2[nH]c(C(C)(C)C)c(-c3nc4c5cccnc5c5ncccc5c4[nH]3)c2c1. The largest absolute Gasteiger partial charge is 0.357 e. The second kappa shape index (κ2) is 7.55. The molecule has 2 aromatic carbocycles. The van der Waals surface area contributed by atoms with E-state index in [9.17, 15) is 0 Å². The molecule has 170 valence electrons. The van der Waals surface area contributed by atoms with Crippen LogP contribution in [0, 0.1) is 0 Å². The van der Waals surface area contributed by atoms with Crippen molar-refractivity contribution in [3.63, 3.8) is 0 Å². The molecular formula is C27H26N6S. The van der Waals surface area contributed by atoms with Crippen molar-refractivity contribution in [2.75, 3.05) is 14.1 Å². The number of aromatic nitrogens is 5. The Morgan fingerprint density at radius 1 is 0.824 bits per heavy atom. The van der Waals surface area contributed by atoms with Crippen molar-refractivity contribution in [2.45, 2.75) is 31.1 Å². The smallest absolute Gasteiger partial charge is 0.141 e. The number of hydrogen-bond acceptors (Lipinski definition) is 5. The number of nitrogens with zero attached hydrogens (tertiary/aromatic N) is 4. The van der Waals surface area contributed by atoms with Gasteiger partial charge in [-0.3, -0.25) is 14.3 Å². The van der Waals surface area contributed by atoms with Gasteiger partial charge in [0.25, 0.3) is 0 Å². The van der Waals surface area contributed by atoms with Crippen molar-refractivity contribution in [2.24, 2.45) is 0 Å². The van der Waals surface area contributed by atoms with Gasteiger partial charge in [-0.05, 0) is 68.5 Å². The minimum atomic E-state index is -0.0879. The predicted octanol–water partition coefficient (Wildman–Crippen LogP) is 6.67. The van der Waals surface area contributed by atoms with Gasteiger partial charge < -0.3 is 9.97 Å². The van der Waals surface area contributed by atoms with E-state index in [1.807, 2.05) is 24.5 Å². The Bertz CT molecular complexity index is 1630. The Kier molecular flexibility index (Phi) is 4.69. The number of rotatable bonds is 3. The van der Waals surface area contributed by atoms with Crippen molar-refractivity contribution in [3.8, 4) is 11.4 Å². The molecule has 0 atom stereocenters. The summed E-state index contributed by atoms with van der Waals surface area (Å²) in [6, 6.07) is 14.7. The number of H-pyrrole nitrogens is 2. The van der Waals surface area contributed by atoms with Crippen molar-refractivity contribution >= 4 is 55.7 Å². The van der Waals surface area contributed by atoms with Gasteiger partial charge in [-0.15, -0.1) is 0 Å². The second-order valence-electron chi connectivity index (χ2n) is 9.84. The monoisotopic (exact) mass is 466 g/mol. The van der Waals surface area contributed by atoms with Gasteiger partial charge in [0.2, 0.25) is 0 Å². The normalized spacial score (nSPS) is 12.6. The van der Waals surface area contributed by atoms with Crippen molar-refractivity contribution in [1.29, 1.82) is 0 Å². The molecule has 0 bridgehead atoms. The average Bonchev–Trinajstić information content (AvgIpc) is 3.40. The van der Waals surface area contributed by atoms with Crippen LogP contribution in [-0.4, -0.2) is 43.3 Å². The molecular weight excluding hydrogens is 440 g/mol. The molecule has 4 heterocycles. The lowest BCUT2D eigenvalue weighted by atomic mass is 9.88. The van der Waals surface area contributed by atoms with E-state index in [2.05, 4.69) is 89.4 Å². The molecule has 6 rings (SSSR count). The summed E-state index contributed by atoms with van der Waals surface area (Å²) in [5.41, 5.74) is 6.99. The van der Waals surface area contributed by atoms with Gasteiger partial charge in [0.05, 0.1) is 22.1 Å². The van der Waals surface area contributed by atoms with Gasteiger partial charge in [-0.2, -0.15) is 0 Å². The van der Waals surface area contributed by atoms with Crippen LogP contribution in [-0.2, 0) is 5.41 Å². The van der Waals surface area contributed by atoms with Crippen molar-refractivity contribution < 1.29 is 0 Å². The lowest BCUT2D eigenvalue weighted by Crippen LogP contribution is -2.13. The van der Waals surface area contributed by atoms with E-state index in [-0.39, 0.29) is 5.41 Å².